The molecule has 0 saturated carbocycles. The highest BCUT2D eigenvalue weighted by Crippen LogP contribution is 2.16. The molecule has 0 atom stereocenters. The van der Waals surface area contributed by atoms with Crippen molar-refractivity contribution in [3.8, 4) is 5.75 Å². The lowest BCUT2D eigenvalue weighted by Gasteiger charge is -2.08. The molecular formula is C21H34O4. The first-order valence-corrected chi connectivity index (χ1v) is 9.65. The molecule has 0 aliphatic carbocycles. The van der Waals surface area contributed by atoms with Gasteiger partial charge in [-0.05, 0) is 43.4 Å². The van der Waals surface area contributed by atoms with Crippen LogP contribution >= 0.6 is 0 Å². The van der Waals surface area contributed by atoms with Crippen LogP contribution in [0.5, 0.6) is 5.75 Å². The van der Waals surface area contributed by atoms with E-state index in [4.69, 9.17) is 9.84 Å². The Hall–Kier alpha value is -1.55. The Bertz CT molecular complexity index is 459. The molecule has 0 amide bonds. The molecule has 0 heterocycles. The number of benzene rings is 1. The standard InChI is InChI=1S/C21H34O4/c1-24-21(23)15-8-6-4-2-3-5-7-9-17-25-20-14-10-12-19(18-20)13-11-16-22/h10,12,14,18,22H,2-9,11,13,15-17H2,1H3. The summed E-state index contributed by atoms with van der Waals surface area (Å²) in [6, 6.07) is 8.16. The molecule has 1 aromatic carbocycles. The predicted octanol–water partition coefficient (Wildman–Crippen LogP) is 4.67. The Balaban J connectivity index is 1.94. The van der Waals surface area contributed by atoms with Crippen LogP contribution in [0.2, 0.25) is 0 Å². The van der Waals surface area contributed by atoms with Gasteiger partial charge in [-0.2, -0.15) is 0 Å². The second-order valence-electron chi connectivity index (χ2n) is 6.48. The summed E-state index contributed by atoms with van der Waals surface area (Å²) < 4.78 is 10.4. The highest BCUT2D eigenvalue weighted by Gasteiger charge is 2.00. The molecule has 0 aliphatic rings. The Morgan fingerprint density at radius 3 is 2.32 bits per heavy atom. The average molecular weight is 350 g/mol. The molecule has 4 nitrogen and oxygen atoms in total. The molecule has 25 heavy (non-hydrogen) atoms. The minimum absolute atomic E-state index is 0.0982. The molecule has 0 bridgehead atoms. The van der Waals surface area contributed by atoms with Gasteiger partial charge in [0.15, 0.2) is 0 Å². The number of aliphatic hydroxyl groups is 1. The molecule has 4 heteroatoms. The van der Waals surface area contributed by atoms with E-state index >= 15 is 0 Å². The van der Waals surface area contributed by atoms with E-state index in [1.165, 1.54) is 44.8 Å². The summed E-state index contributed by atoms with van der Waals surface area (Å²) in [5.74, 6) is 0.833. The second kappa shape index (κ2) is 14.8. The van der Waals surface area contributed by atoms with Crippen molar-refractivity contribution >= 4 is 5.97 Å². The molecule has 1 aromatic rings. The van der Waals surface area contributed by atoms with Gasteiger partial charge in [-0.3, -0.25) is 4.79 Å². The number of ether oxygens (including phenoxy) is 2. The van der Waals surface area contributed by atoms with E-state index < -0.39 is 0 Å². The van der Waals surface area contributed by atoms with Crippen LogP contribution in [0.3, 0.4) is 0 Å². The van der Waals surface area contributed by atoms with Gasteiger partial charge in [0.1, 0.15) is 5.75 Å². The van der Waals surface area contributed by atoms with Crippen molar-refractivity contribution in [3.63, 3.8) is 0 Å². The third-order valence-corrected chi connectivity index (χ3v) is 4.29. The zero-order chi connectivity index (χ0) is 18.2. The fraction of sp³-hybridized carbons (Fsp3) is 0.667. The quantitative estimate of drug-likeness (QED) is 0.369. The molecule has 0 aromatic heterocycles. The monoisotopic (exact) mass is 350 g/mol. The molecule has 1 N–H and O–H groups in total. The van der Waals surface area contributed by atoms with Crippen molar-refractivity contribution in [2.45, 2.75) is 70.6 Å². The Morgan fingerprint density at radius 1 is 0.960 bits per heavy atom. The van der Waals surface area contributed by atoms with Gasteiger partial charge in [0, 0.05) is 13.0 Å². The van der Waals surface area contributed by atoms with E-state index in [9.17, 15) is 4.79 Å². The van der Waals surface area contributed by atoms with E-state index in [2.05, 4.69) is 16.9 Å². The number of carbonyl (C=O) groups is 1. The number of methoxy groups -OCH3 is 1. The predicted molar refractivity (Wildman–Crippen MR) is 101 cm³/mol. The van der Waals surface area contributed by atoms with Gasteiger partial charge in [0.05, 0.1) is 13.7 Å². The van der Waals surface area contributed by atoms with Crippen molar-refractivity contribution in [2.75, 3.05) is 20.3 Å². The van der Waals surface area contributed by atoms with Crippen LogP contribution in [-0.2, 0) is 16.0 Å². The van der Waals surface area contributed by atoms with Gasteiger partial charge < -0.3 is 14.6 Å². The summed E-state index contributed by atoms with van der Waals surface area (Å²) in [7, 11) is 1.44. The molecule has 0 fully saturated rings. The third-order valence-electron chi connectivity index (χ3n) is 4.29. The molecule has 0 saturated heterocycles. The fourth-order valence-electron chi connectivity index (χ4n) is 2.80. The van der Waals surface area contributed by atoms with E-state index in [0.717, 1.165) is 44.5 Å². The van der Waals surface area contributed by atoms with E-state index in [-0.39, 0.29) is 12.6 Å². The first kappa shape index (κ1) is 21.5. The van der Waals surface area contributed by atoms with Crippen LogP contribution in [-0.4, -0.2) is 31.4 Å². The van der Waals surface area contributed by atoms with Gasteiger partial charge in [0.2, 0.25) is 0 Å². The zero-order valence-corrected chi connectivity index (χ0v) is 15.7. The Labute approximate surface area is 152 Å². The lowest BCUT2D eigenvalue weighted by molar-refractivity contribution is -0.140. The number of esters is 1. The first-order chi connectivity index (χ1) is 12.3. The SMILES string of the molecule is COC(=O)CCCCCCCCCCOc1cccc(CCCO)c1. The number of unbranched alkanes of at least 4 members (excludes halogenated alkanes) is 7. The topological polar surface area (TPSA) is 55.8 Å². The van der Waals surface area contributed by atoms with Gasteiger partial charge >= 0.3 is 5.97 Å². The summed E-state index contributed by atoms with van der Waals surface area (Å²) in [5, 5.41) is 8.88. The molecule has 0 radical (unpaired) electrons. The van der Waals surface area contributed by atoms with Gasteiger partial charge in [0.25, 0.3) is 0 Å². The van der Waals surface area contributed by atoms with Crippen LogP contribution in [0, 0.1) is 0 Å². The maximum Gasteiger partial charge on any atom is 0.305 e. The summed E-state index contributed by atoms with van der Waals surface area (Å²) in [6.45, 7) is 0.999. The highest BCUT2D eigenvalue weighted by atomic mass is 16.5. The van der Waals surface area contributed by atoms with Gasteiger partial charge in [-0.1, -0.05) is 50.7 Å². The molecule has 142 valence electrons. The lowest BCUT2D eigenvalue weighted by Crippen LogP contribution is -1.99. The highest BCUT2D eigenvalue weighted by molar-refractivity contribution is 5.68. The van der Waals surface area contributed by atoms with Crippen LogP contribution in [0.25, 0.3) is 0 Å². The largest absolute Gasteiger partial charge is 0.494 e. The van der Waals surface area contributed by atoms with Crippen LogP contribution < -0.4 is 4.74 Å². The summed E-state index contributed by atoms with van der Waals surface area (Å²) in [4.78, 5) is 11.0. The maximum atomic E-state index is 11.0. The normalized spacial score (nSPS) is 10.6. The number of hydrogen-bond acceptors (Lipinski definition) is 4. The average Bonchev–Trinajstić information content (AvgIpc) is 2.64. The third kappa shape index (κ3) is 11.6. The maximum absolute atomic E-state index is 11.0. The molecule has 0 aliphatic heterocycles. The molecular weight excluding hydrogens is 316 g/mol. The molecule has 1 rings (SSSR count). The smallest absolute Gasteiger partial charge is 0.305 e. The van der Waals surface area contributed by atoms with Crippen LogP contribution in [0.4, 0.5) is 0 Å². The van der Waals surface area contributed by atoms with Crippen molar-refractivity contribution in [2.24, 2.45) is 0 Å². The van der Waals surface area contributed by atoms with Crippen LogP contribution in [0.15, 0.2) is 24.3 Å². The summed E-state index contributed by atoms with van der Waals surface area (Å²) in [6.07, 6.45) is 11.5. The van der Waals surface area contributed by atoms with E-state index in [0.29, 0.717) is 6.42 Å². The molecule has 0 unspecified atom stereocenters. The molecule has 0 spiro atoms. The first-order valence-electron chi connectivity index (χ1n) is 9.65. The fourth-order valence-corrected chi connectivity index (χ4v) is 2.80. The zero-order valence-electron chi connectivity index (χ0n) is 15.7. The van der Waals surface area contributed by atoms with Gasteiger partial charge in [-0.25, -0.2) is 0 Å². The number of carbonyl (C=O) groups excluding carboxylic acids is 1. The number of rotatable bonds is 15. The summed E-state index contributed by atoms with van der Waals surface area (Å²) >= 11 is 0. The Kier molecular flexibility index (Phi) is 12.7. The van der Waals surface area contributed by atoms with Crippen LogP contribution in [0.1, 0.15) is 69.8 Å². The van der Waals surface area contributed by atoms with E-state index in [1.54, 1.807) is 0 Å². The van der Waals surface area contributed by atoms with Crippen molar-refractivity contribution in [1.82, 2.24) is 0 Å². The van der Waals surface area contributed by atoms with Crippen molar-refractivity contribution in [3.05, 3.63) is 29.8 Å². The van der Waals surface area contributed by atoms with Crippen molar-refractivity contribution in [1.29, 1.82) is 0 Å². The van der Waals surface area contributed by atoms with Gasteiger partial charge in [-0.15, -0.1) is 0 Å². The minimum atomic E-state index is -0.0982. The van der Waals surface area contributed by atoms with E-state index in [1.807, 2.05) is 12.1 Å². The number of aliphatic hydroxyl groups excluding tert-OH is 1. The second-order valence-corrected chi connectivity index (χ2v) is 6.48. The Morgan fingerprint density at radius 2 is 1.64 bits per heavy atom. The summed E-state index contributed by atoms with van der Waals surface area (Å²) in [5.41, 5.74) is 1.22. The van der Waals surface area contributed by atoms with Crippen molar-refractivity contribution < 1.29 is 19.4 Å². The number of hydrogen-bond donors (Lipinski definition) is 1. The lowest BCUT2D eigenvalue weighted by atomic mass is 10.1. The minimum Gasteiger partial charge on any atom is -0.494 e. The number of aryl methyl sites for hydroxylation is 1.